The van der Waals surface area contributed by atoms with Crippen molar-refractivity contribution in [3.63, 3.8) is 0 Å². The smallest absolute Gasteiger partial charge is 0.291 e. The van der Waals surface area contributed by atoms with Crippen molar-refractivity contribution < 1.29 is 9.21 Å². The van der Waals surface area contributed by atoms with Crippen LogP contribution in [-0.2, 0) is 6.54 Å². The molecular weight excluding hydrogens is 316 g/mol. The van der Waals surface area contributed by atoms with Gasteiger partial charge in [-0.15, -0.1) is 0 Å². The molecule has 134 valence electrons. The molecule has 1 fully saturated rings. The van der Waals surface area contributed by atoms with Crippen LogP contribution in [0.3, 0.4) is 0 Å². The molecule has 0 radical (unpaired) electrons. The summed E-state index contributed by atoms with van der Waals surface area (Å²) in [4.78, 5) is 19.2. The monoisotopic (exact) mass is 342 g/mol. The average Bonchev–Trinajstić information content (AvgIpc) is 3.04. The van der Waals surface area contributed by atoms with Crippen LogP contribution in [0.25, 0.3) is 0 Å². The minimum atomic E-state index is -0.216. The molecule has 0 spiro atoms. The molecule has 2 heterocycles. The number of carbonyl (C=O) groups excluding carboxylic acids is 1. The summed E-state index contributed by atoms with van der Waals surface area (Å²) >= 11 is 0. The zero-order valence-corrected chi connectivity index (χ0v) is 15.2. The summed E-state index contributed by atoms with van der Waals surface area (Å²) in [6.07, 6.45) is 0. The van der Waals surface area contributed by atoms with Crippen LogP contribution in [-0.4, -0.2) is 63.0 Å². The van der Waals surface area contributed by atoms with Crippen molar-refractivity contribution >= 4 is 17.3 Å². The highest BCUT2D eigenvalue weighted by atomic mass is 16.4. The van der Waals surface area contributed by atoms with E-state index in [1.165, 1.54) is 0 Å². The van der Waals surface area contributed by atoms with Gasteiger partial charge in [-0.1, -0.05) is 12.1 Å². The van der Waals surface area contributed by atoms with Crippen LogP contribution in [0.4, 0.5) is 11.4 Å². The number of hydrogen-bond acceptors (Lipinski definition) is 5. The second-order valence-electron chi connectivity index (χ2n) is 6.77. The fraction of sp³-hybridized carbons (Fsp3) is 0.421. The van der Waals surface area contributed by atoms with E-state index in [0.29, 0.717) is 12.3 Å². The van der Waals surface area contributed by atoms with E-state index in [1.54, 1.807) is 6.07 Å². The zero-order valence-electron chi connectivity index (χ0n) is 15.2. The number of para-hydroxylation sites is 2. The number of benzene rings is 1. The predicted molar refractivity (Wildman–Crippen MR) is 100 cm³/mol. The first-order valence-corrected chi connectivity index (χ1v) is 8.60. The Bertz CT molecular complexity index is 718. The molecule has 1 saturated heterocycles. The van der Waals surface area contributed by atoms with Crippen LogP contribution < -0.4 is 10.2 Å². The van der Waals surface area contributed by atoms with Crippen molar-refractivity contribution in [2.24, 2.45) is 0 Å². The van der Waals surface area contributed by atoms with Crippen molar-refractivity contribution in [3.05, 3.63) is 47.9 Å². The van der Waals surface area contributed by atoms with Crippen LogP contribution in [0.5, 0.6) is 0 Å². The molecule has 3 rings (SSSR count). The molecular formula is C19H26N4O2. The lowest BCUT2D eigenvalue weighted by Gasteiger charge is -2.35. The number of rotatable bonds is 5. The van der Waals surface area contributed by atoms with Crippen LogP contribution in [0.1, 0.15) is 16.3 Å². The van der Waals surface area contributed by atoms with Crippen LogP contribution in [0.2, 0.25) is 0 Å². The summed E-state index contributed by atoms with van der Waals surface area (Å²) in [6.45, 7) is 4.63. The normalized spacial score (nSPS) is 15.6. The van der Waals surface area contributed by atoms with Gasteiger partial charge < -0.3 is 24.4 Å². The zero-order chi connectivity index (χ0) is 17.8. The predicted octanol–water partition coefficient (Wildman–Crippen LogP) is 2.35. The van der Waals surface area contributed by atoms with Gasteiger partial charge in [0.25, 0.3) is 5.91 Å². The SMILES string of the molecule is CN(C)Cc1ccc(C(=O)Nc2ccccc2N2CCN(C)CC2)o1. The van der Waals surface area contributed by atoms with E-state index in [-0.39, 0.29) is 5.91 Å². The van der Waals surface area contributed by atoms with Gasteiger partial charge in [0.1, 0.15) is 5.76 Å². The van der Waals surface area contributed by atoms with E-state index < -0.39 is 0 Å². The third-order valence-electron chi connectivity index (χ3n) is 4.35. The van der Waals surface area contributed by atoms with Gasteiger partial charge in [-0.25, -0.2) is 0 Å². The molecule has 0 aliphatic carbocycles. The van der Waals surface area contributed by atoms with E-state index >= 15 is 0 Å². The summed E-state index contributed by atoms with van der Waals surface area (Å²) in [5.41, 5.74) is 1.88. The lowest BCUT2D eigenvalue weighted by Crippen LogP contribution is -2.44. The number of piperazine rings is 1. The molecule has 2 aromatic rings. The first-order chi connectivity index (χ1) is 12.0. The Morgan fingerprint density at radius 1 is 1.12 bits per heavy atom. The van der Waals surface area contributed by atoms with Crippen LogP contribution in [0.15, 0.2) is 40.8 Å². The van der Waals surface area contributed by atoms with Crippen LogP contribution in [0, 0.1) is 0 Å². The third kappa shape index (κ3) is 4.41. The first-order valence-electron chi connectivity index (χ1n) is 8.60. The molecule has 6 heteroatoms. The molecule has 0 unspecified atom stereocenters. The molecule has 1 aliphatic heterocycles. The maximum atomic E-state index is 12.6. The number of furan rings is 1. The maximum Gasteiger partial charge on any atom is 0.291 e. The van der Waals surface area contributed by atoms with E-state index in [9.17, 15) is 4.79 Å². The van der Waals surface area contributed by atoms with E-state index in [0.717, 1.165) is 43.3 Å². The Labute approximate surface area is 149 Å². The van der Waals surface area contributed by atoms with Gasteiger partial charge >= 0.3 is 0 Å². The number of nitrogens with zero attached hydrogens (tertiary/aromatic N) is 3. The molecule has 0 atom stereocenters. The molecule has 6 nitrogen and oxygen atoms in total. The molecule has 1 aromatic heterocycles. The number of likely N-dealkylation sites (N-methyl/N-ethyl adjacent to an activating group) is 1. The molecule has 1 aromatic carbocycles. The topological polar surface area (TPSA) is 52.0 Å². The second-order valence-corrected chi connectivity index (χ2v) is 6.77. The molecule has 1 amide bonds. The lowest BCUT2D eigenvalue weighted by molar-refractivity contribution is 0.0993. The average molecular weight is 342 g/mol. The van der Waals surface area contributed by atoms with E-state index in [4.69, 9.17) is 4.42 Å². The Balaban J connectivity index is 1.72. The van der Waals surface area contributed by atoms with Crippen molar-refractivity contribution in [2.45, 2.75) is 6.54 Å². The minimum absolute atomic E-state index is 0.216. The van der Waals surface area contributed by atoms with Crippen molar-refractivity contribution in [3.8, 4) is 0 Å². The summed E-state index contributed by atoms with van der Waals surface area (Å²) < 4.78 is 5.65. The van der Waals surface area contributed by atoms with Gasteiger partial charge in [-0.05, 0) is 45.4 Å². The molecule has 0 bridgehead atoms. The minimum Gasteiger partial charge on any atom is -0.455 e. The quantitative estimate of drug-likeness (QED) is 0.904. The van der Waals surface area contributed by atoms with Gasteiger partial charge in [0, 0.05) is 26.2 Å². The van der Waals surface area contributed by atoms with E-state index in [2.05, 4.69) is 28.2 Å². The van der Waals surface area contributed by atoms with Gasteiger partial charge in [-0.2, -0.15) is 0 Å². The summed E-state index contributed by atoms with van der Waals surface area (Å²) in [6, 6.07) is 11.5. The van der Waals surface area contributed by atoms with E-state index in [1.807, 2.05) is 43.3 Å². The van der Waals surface area contributed by atoms with Crippen molar-refractivity contribution in [2.75, 3.05) is 57.5 Å². The number of amides is 1. The van der Waals surface area contributed by atoms with Crippen molar-refractivity contribution in [1.82, 2.24) is 9.80 Å². The largest absolute Gasteiger partial charge is 0.455 e. The number of anilines is 2. The number of carbonyl (C=O) groups is 1. The number of nitrogens with one attached hydrogen (secondary N) is 1. The number of hydrogen-bond donors (Lipinski definition) is 1. The molecule has 25 heavy (non-hydrogen) atoms. The highest BCUT2D eigenvalue weighted by Gasteiger charge is 2.19. The molecule has 1 N–H and O–H groups in total. The summed E-state index contributed by atoms with van der Waals surface area (Å²) in [7, 11) is 6.07. The highest BCUT2D eigenvalue weighted by molar-refractivity contribution is 6.04. The summed E-state index contributed by atoms with van der Waals surface area (Å²) in [5, 5.41) is 3.00. The van der Waals surface area contributed by atoms with Gasteiger partial charge in [0.2, 0.25) is 0 Å². The Hall–Kier alpha value is -2.31. The Morgan fingerprint density at radius 3 is 2.56 bits per heavy atom. The molecule has 1 aliphatic rings. The van der Waals surface area contributed by atoms with Crippen LogP contribution >= 0.6 is 0 Å². The fourth-order valence-electron chi connectivity index (χ4n) is 2.98. The van der Waals surface area contributed by atoms with Gasteiger partial charge in [0.05, 0.1) is 17.9 Å². The molecule has 0 saturated carbocycles. The Kier molecular flexibility index (Phi) is 5.40. The maximum absolute atomic E-state index is 12.6. The first kappa shape index (κ1) is 17.5. The highest BCUT2D eigenvalue weighted by Crippen LogP contribution is 2.27. The second kappa shape index (κ2) is 7.72. The van der Waals surface area contributed by atoms with Gasteiger partial charge in [0.15, 0.2) is 5.76 Å². The van der Waals surface area contributed by atoms with Gasteiger partial charge in [-0.3, -0.25) is 4.79 Å². The third-order valence-corrected chi connectivity index (χ3v) is 4.35. The Morgan fingerprint density at radius 2 is 1.84 bits per heavy atom. The standard InChI is InChI=1S/C19H26N4O2/c1-21(2)14-15-8-9-18(25-15)19(24)20-16-6-4-5-7-17(16)23-12-10-22(3)11-13-23/h4-9H,10-14H2,1-3H3,(H,20,24). The summed E-state index contributed by atoms with van der Waals surface area (Å²) in [5.74, 6) is 0.902. The van der Waals surface area contributed by atoms with Crippen molar-refractivity contribution in [1.29, 1.82) is 0 Å². The fourth-order valence-corrected chi connectivity index (χ4v) is 2.98. The lowest BCUT2D eigenvalue weighted by atomic mass is 10.2.